The molecule has 0 fully saturated rings. The Labute approximate surface area is 310 Å². The van der Waals surface area contributed by atoms with Gasteiger partial charge in [-0.15, -0.1) is 0 Å². The fourth-order valence-corrected chi connectivity index (χ4v) is 6.33. The Morgan fingerprint density at radius 1 is 0.400 bits per heavy atom. The molecule has 0 aliphatic heterocycles. The second-order valence-electron chi connectivity index (χ2n) is 15.5. The van der Waals surface area contributed by atoms with E-state index in [4.69, 9.17) is 14.2 Å². The number of hydrogen-bond acceptors (Lipinski definition) is 6. The first-order valence-electron chi connectivity index (χ1n) is 21.8. The Balaban J connectivity index is 4.36. The lowest BCUT2D eigenvalue weighted by Gasteiger charge is -2.18. The van der Waals surface area contributed by atoms with Crippen molar-refractivity contribution in [2.24, 2.45) is 11.8 Å². The van der Waals surface area contributed by atoms with Gasteiger partial charge in [-0.2, -0.15) is 0 Å². The highest BCUT2D eigenvalue weighted by Crippen LogP contribution is 2.17. The summed E-state index contributed by atoms with van der Waals surface area (Å²) in [5.41, 5.74) is 0. The van der Waals surface area contributed by atoms with E-state index in [2.05, 4.69) is 34.6 Å². The third-order valence-electron chi connectivity index (χ3n) is 10.4. The average molecular weight is 709 g/mol. The number of hydrogen-bond donors (Lipinski definition) is 0. The fraction of sp³-hybridized carbons (Fsp3) is 0.932. The maximum Gasteiger partial charge on any atom is 0.306 e. The van der Waals surface area contributed by atoms with E-state index in [1.807, 2.05) is 0 Å². The van der Waals surface area contributed by atoms with Crippen molar-refractivity contribution in [2.75, 3.05) is 13.2 Å². The van der Waals surface area contributed by atoms with Gasteiger partial charge in [0.05, 0.1) is 0 Å². The van der Waals surface area contributed by atoms with Gasteiger partial charge >= 0.3 is 17.9 Å². The monoisotopic (exact) mass is 709 g/mol. The van der Waals surface area contributed by atoms with E-state index in [9.17, 15) is 14.4 Å². The van der Waals surface area contributed by atoms with Crippen molar-refractivity contribution in [3.8, 4) is 0 Å². The Kier molecular flexibility index (Phi) is 36.0. The Hall–Kier alpha value is -1.59. The number of ether oxygens (including phenoxy) is 3. The smallest absolute Gasteiger partial charge is 0.306 e. The first-order valence-corrected chi connectivity index (χ1v) is 21.8. The third kappa shape index (κ3) is 34.8. The van der Waals surface area contributed by atoms with Crippen LogP contribution in [-0.4, -0.2) is 37.2 Å². The van der Waals surface area contributed by atoms with Crippen molar-refractivity contribution in [3.63, 3.8) is 0 Å². The molecule has 0 saturated carbocycles. The molecule has 50 heavy (non-hydrogen) atoms. The van der Waals surface area contributed by atoms with Gasteiger partial charge in [-0.25, -0.2) is 0 Å². The largest absolute Gasteiger partial charge is 0.462 e. The quantitative estimate of drug-likeness (QED) is 0.0361. The minimum absolute atomic E-state index is 0.0663. The van der Waals surface area contributed by atoms with Gasteiger partial charge in [-0.05, 0) is 31.1 Å². The molecular formula is C44H84O6. The van der Waals surface area contributed by atoms with Crippen LogP contribution >= 0.6 is 0 Å². The SMILES string of the molecule is CCCCCCCCCCCCC(=O)O[C@@H](COC(=O)CCCCCCCCCCC(C)CC)COC(=O)CCCCCCCCC(C)CC. The van der Waals surface area contributed by atoms with Gasteiger partial charge in [0.1, 0.15) is 13.2 Å². The molecule has 3 atom stereocenters. The van der Waals surface area contributed by atoms with E-state index < -0.39 is 6.10 Å². The predicted molar refractivity (Wildman–Crippen MR) is 210 cm³/mol. The third-order valence-corrected chi connectivity index (χ3v) is 10.4. The molecule has 0 bridgehead atoms. The van der Waals surface area contributed by atoms with E-state index >= 15 is 0 Å². The molecule has 0 amide bonds. The molecule has 0 spiro atoms. The summed E-state index contributed by atoms with van der Waals surface area (Å²) in [6.45, 7) is 11.3. The molecule has 0 aromatic carbocycles. The van der Waals surface area contributed by atoms with E-state index in [0.717, 1.165) is 69.6 Å². The second-order valence-corrected chi connectivity index (χ2v) is 15.5. The van der Waals surface area contributed by atoms with Crippen LogP contribution in [0.25, 0.3) is 0 Å². The van der Waals surface area contributed by atoms with E-state index in [0.29, 0.717) is 19.3 Å². The van der Waals surface area contributed by atoms with Crippen molar-refractivity contribution >= 4 is 17.9 Å². The molecule has 0 radical (unpaired) electrons. The zero-order valence-electron chi connectivity index (χ0n) is 34.0. The molecule has 0 aliphatic carbocycles. The van der Waals surface area contributed by atoms with Crippen LogP contribution in [0, 0.1) is 11.8 Å². The number of unbranched alkanes of at least 4 members (excludes halogenated alkanes) is 21. The average Bonchev–Trinajstić information content (AvgIpc) is 3.11. The highest BCUT2D eigenvalue weighted by Gasteiger charge is 2.19. The van der Waals surface area contributed by atoms with Crippen molar-refractivity contribution < 1.29 is 28.6 Å². The minimum Gasteiger partial charge on any atom is -0.462 e. The summed E-state index contributed by atoms with van der Waals surface area (Å²) < 4.78 is 16.7. The van der Waals surface area contributed by atoms with Gasteiger partial charge in [-0.1, -0.05) is 195 Å². The topological polar surface area (TPSA) is 78.9 Å². The fourth-order valence-electron chi connectivity index (χ4n) is 6.33. The summed E-state index contributed by atoms with van der Waals surface area (Å²) in [5.74, 6) is 0.797. The van der Waals surface area contributed by atoms with E-state index in [1.165, 1.54) is 122 Å². The molecule has 296 valence electrons. The van der Waals surface area contributed by atoms with Crippen LogP contribution in [0.5, 0.6) is 0 Å². The summed E-state index contributed by atoms with van der Waals surface area (Å²) in [7, 11) is 0. The molecule has 0 heterocycles. The van der Waals surface area contributed by atoms with Crippen LogP contribution < -0.4 is 0 Å². The van der Waals surface area contributed by atoms with Gasteiger partial charge in [0.25, 0.3) is 0 Å². The first-order chi connectivity index (χ1) is 24.3. The Bertz CT molecular complexity index is 768. The Morgan fingerprint density at radius 3 is 1.04 bits per heavy atom. The number of carbonyl (C=O) groups excluding carboxylic acids is 3. The van der Waals surface area contributed by atoms with Crippen LogP contribution in [0.1, 0.15) is 234 Å². The van der Waals surface area contributed by atoms with Crippen LogP contribution in [-0.2, 0) is 28.6 Å². The molecule has 0 aromatic heterocycles. The molecule has 0 saturated heterocycles. The lowest BCUT2D eigenvalue weighted by molar-refractivity contribution is -0.167. The zero-order valence-corrected chi connectivity index (χ0v) is 34.0. The lowest BCUT2D eigenvalue weighted by atomic mass is 9.99. The minimum atomic E-state index is -0.760. The first kappa shape index (κ1) is 48.4. The zero-order chi connectivity index (χ0) is 36.9. The van der Waals surface area contributed by atoms with Gasteiger partial charge in [0, 0.05) is 19.3 Å². The maximum absolute atomic E-state index is 12.6. The second kappa shape index (κ2) is 37.2. The van der Waals surface area contributed by atoms with Crippen LogP contribution in [0.4, 0.5) is 0 Å². The molecule has 0 rings (SSSR count). The summed E-state index contributed by atoms with van der Waals surface area (Å²) >= 11 is 0. The summed E-state index contributed by atoms with van der Waals surface area (Å²) in [6, 6.07) is 0. The number of carbonyl (C=O) groups is 3. The molecule has 2 unspecified atom stereocenters. The number of rotatable bonds is 38. The van der Waals surface area contributed by atoms with Crippen LogP contribution in [0.3, 0.4) is 0 Å². The standard InChI is InChI=1S/C44H84O6/c1-6-9-10-11-12-13-14-19-26-31-36-44(47)50-41(38-49-43(46)35-30-25-21-20-23-28-33-40(5)8-3)37-48-42(45)34-29-24-18-16-15-17-22-27-32-39(4)7-2/h39-41H,6-38H2,1-5H3/t39?,40?,41-/m0/s1. The van der Waals surface area contributed by atoms with Crippen molar-refractivity contribution in [1.29, 1.82) is 0 Å². The predicted octanol–water partition coefficient (Wildman–Crippen LogP) is 13.4. The normalized spacial score (nSPS) is 13.1. The molecule has 6 nitrogen and oxygen atoms in total. The van der Waals surface area contributed by atoms with Gasteiger partial charge < -0.3 is 14.2 Å². The summed E-state index contributed by atoms with van der Waals surface area (Å²) in [4.78, 5) is 37.6. The molecule has 0 aliphatic rings. The highest BCUT2D eigenvalue weighted by molar-refractivity contribution is 5.71. The van der Waals surface area contributed by atoms with Crippen molar-refractivity contribution in [2.45, 2.75) is 240 Å². The molecule has 0 aromatic rings. The van der Waals surface area contributed by atoms with Gasteiger partial charge in [-0.3, -0.25) is 14.4 Å². The van der Waals surface area contributed by atoms with Gasteiger partial charge in [0.2, 0.25) is 0 Å². The summed E-state index contributed by atoms with van der Waals surface area (Å²) in [5, 5.41) is 0. The maximum atomic E-state index is 12.6. The lowest BCUT2D eigenvalue weighted by Crippen LogP contribution is -2.30. The van der Waals surface area contributed by atoms with E-state index in [1.54, 1.807) is 0 Å². The Morgan fingerprint density at radius 2 is 0.700 bits per heavy atom. The molecule has 6 heteroatoms. The van der Waals surface area contributed by atoms with Crippen molar-refractivity contribution in [3.05, 3.63) is 0 Å². The van der Waals surface area contributed by atoms with Crippen LogP contribution in [0.2, 0.25) is 0 Å². The summed E-state index contributed by atoms with van der Waals surface area (Å²) in [6.07, 6.45) is 33.7. The van der Waals surface area contributed by atoms with Crippen molar-refractivity contribution in [1.82, 2.24) is 0 Å². The number of esters is 3. The van der Waals surface area contributed by atoms with E-state index in [-0.39, 0.29) is 31.1 Å². The van der Waals surface area contributed by atoms with Gasteiger partial charge in [0.15, 0.2) is 6.10 Å². The molecule has 0 N–H and O–H groups in total. The molecular weight excluding hydrogens is 624 g/mol. The highest BCUT2D eigenvalue weighted by atomic mass is 16.6. The van der Waals surface area contributed by atoms with Crippen LogP contribution in [0.15, 0.2) is 0 Å².